The van der Waals surface area contributed by atoms with Crippen LogP contribution in [0.5, 0.6) is 11.5 Å². The molecule has 2 aliphatic rings. The van der Waals surface area contributed by atoms with Gasteiger partial charge in [-0.15, -0.1) is 11.3 Å². The van der Waals surface area contributed by atoms with Crippen molar-refractivity contribution in [3.05, 3.63) is 64.7 Å². The monoisotopic (exact) mass is 515 g/mol. The molecular weight excluding hydrogens is 490 g/mol. The molecule has 4 aromatic rings. The molecule has 2 aromatic carbocycles. The molecule has 4 heterocycles. The molecule has 10 heteroatoms. The Morgan fingerprint density at radius 1 is 1.05 bits per heavy atom. The van der Waals surface area contributed by atoms with Gasteiger partial charge in [0, 0.05) is 35.7 Å². The zero-order valence-corrected chi connectivity index (χ0v) is 21.5. The number of benzene rings is 2. The standard InChI is InChI=1S/C27H25N5O4S/c1-15-4-6-20(8-16(15)2)31-12-19(11-25(31)33)26(34)29-24-9-17(3)30-32(24)27-28-21(13-37-27)18-5-7-22-23(10-18)36-14-35-22/h4-10,13,19H,11-12,14H2,1-3H3,(H,29,34). The maximum Gasteiger partial charge on any atom is 0.231 e. The van der Waals surface area contributed by atoms with Crippen LogP contribution in [0.2, 0.25) is 0 Å². The van der Waals surface area contributed by atoms with Crippen LogP contribution in [0.15, 0.2) is 47.8 Å². The average Bonchev–Trinajstić information content (AvgIpc) is 3.66. The number of fused-ring (bicyclic) bond motifs is 1. The molecule has 0 saturated carbocycles. The third kappa shape index (κ3) is 4.33. The molecule has 9 nitrogen and oxygen atoms in total. The van der Waals surface area contributed by atoms with Crippen molar-refractivity contribution in [2.45, 2.75) is 27.2 Å². The smallest absolute Gasteiger partial charge is 0.231 e. The largest absolute Gasteiger partial charge is 0.454 e. The number of amides is 2. The van der Waals surface area contributed by atoms with E-state index in [1.54, 1.807) is 15.6 Å². The van der Waals surface area contributed by atoms with E-state index >= 15 is 0 Å². The van der Waals surface area contributed by atoms with Crippen molar-refractivity contribution in [1.29, 1.82) is 0 Å². The zero-order valence-electron chi connectivity index (χ0n) is 20.6. The van der Waals surface area contributed by atoms with Gasteiger partial charge in [0.25, 0.3) is 0 Å². The predicted octanol–water partition coefficient (Wildman–Crippen LogP) is 4.64. The second-order valence-electron chi connectivity index (χ2n) is 9.33. The summed E-state index contributed by atoms with van der Waals surface area (Å²) in [7, 11) is 0. The molecule has 2 aromatic heterocycles. The quantitative estimate of drug-likeness (QED) is 0.416. The molecule has 0 spiro atoms. The molecule has 37 heavy (non-hydrogen) atoms. The summed E-state index contributed by atoms with van der Waals surface area (Å²) < 4.78 is 12.5. The first-order valence-corrected chi connectivity index (χ1v) is 12.8. The van der Waals surface area contributed by atoms with Crippen molar-refractivity contribution < 1.29 is 19.1 Å². The van der Waals surface area contributed by atoms with E-state index in [1.165, 1.54) is 11.3 Å². The lowest BCUT2D eigenvalue weighted by atomic mass is 10.1. The second-order valence-corrected chi connectivity index (χ2v) is 10.2. The number of nitrogens with one attached hydrogen (secondary N) is 1. The fourth-order valence-electron chi connectivity index (χ4n) is 4.54. The molecule has 1 atom stereocenters. The van der Waals surface area contributed by atoms with E-state index in [0.717, 1.165) is 33.8 Å². The minimum Gasteiger partial charge on any atom is -0.454 e. The van der Waals surface area contributed by atoms with Crippen molar-refractivity contribution >= 4 is 34.7 Å². The SMILES string of the molecule is Cc1cc(NC(=O)C2CC(=O)N(c3ccc(C)c(C)c3)C2)n(-c2nc(-c3ccc4c(c3)OCO4)cs2)n1. The summed E-state index contributed by atoms with van der Waals surface area (Å²) >= 11 is 1.42. The third-order valence-electron chi connectivity index (χ3n) is 6.72. The molecule has 1 N–H and O–H groups in total. The molecule has 2 aliphatic heterocycles. The lowest BCUT2D eigenvalue weighted by molar-refractivity contribution is -0.122. The first-order chi connectivity index (χ1) is 17.9. The van der Waals surface area contributed by atoms with Gasteiger partial charge in [-0.1, -0.05) is 6.07 Å². The molecule has 1 fully saturated rings. The van der Waals surface area contributed by atoms with Crippen LogP contribution < -0.4 is 19.7 Å². The summed E-state index contributed by atoms with van der Waals surface area (Å²) in [5.74, 6) is 1.20. The molecular formula is C27H25N5O4S. The number of aryl methyl sites for hydroxylation is 3. The Balaban J connectivity index is 1.20. The number of nitrogens with zero attached hydrogens (tertiary/aromatic N) is 4. The van der Waals surface area contributed by atoms with Crippen LogP contribution in [0.25, 0.3) is 16.4 Å². The van der Waals surface area contributed by atoms with E-state index in [2.05, 4.69) is 10.4 Å². The summed E-state index contributed by atoms with van der Waals surface area (Å²) in [5, 5.41) is 10.1. The summed E-state index contributed by atoms with van der Waals surface area (Å²) in [5.41, 5.74) is 5.52. The first kappa shape index (κ1) is 23.2. The molecule has 0 aliphatic carbocycles. The number of carbonyl (C=O) groups excluding carboxylic acids is 2. The Bertz CT molecular complexity index is 1540. The zero-order chi connectivity index (χ0) is 25.7. The Labute approximate surface area is 217 Å². The highest BCUT2D eigenvalue weighted by Gasteiger charge is 2.35. The summed E-state index contributed by atoms with van der Waals surface area (Å²) in [4.78, 5) is 32.4. The lowest BCUT2D eigenvalue weighted by Crippen LogP contribution is -2.28. The molecule has 188 valence electrons. The topological polar surface area (TPSA) is 98.6 Å². The van der Waals surface area contributed by atoms with Gasteiger partial charge in [-0.2, -0.15) is 9.78 Å². The number of hydrogen-bond acceptors (Lipinski definition) is 7. The van der Waals surface area contributed by atoms with Crippen molar-refractivity contribution in [1.82, 2.24) is 14.8 Å². The van der Waals surface area contributed by atoms with Gasteiger partial charge in [0.2, 0.25) is 23.7 Å². The van der Waals surface area contributed by atoms with Crippen LogP contribution in [0.4, 0.5) is 11.5 Å². The molecule has 2 amide bonds. The molecule has 0 bridgehead atoms. The Hall–Kier alpha value is -4.18. The van der Waals surface area contributed by atoms with E-state index in [4.69, 9.17) is 14.5 Å². The summed E-state index contributed by atoms with van der Waals surface area (Å²) in [6, 6.07) is 13.4. The summed E-state index contributed by atoms with van der Waals surface area (Å²) in [6.45, 7) is 6.47. The number of anilines is 2. The van der Waals surface area contributed by atoms with Gasteiger partial charge in [-0.05, 0) is 62.2 Å². The maximum atomic E-state index is 13.2. The maximum absolute atomic E-state index is 13.2. The van der Waals surface area contributed by atoms with Crippen molar-refractivity contribution in [3.8, 4) is 27.9 Å². The summed E-state index contributed by atoms with van der Waals surface area (Å²) in [6.07, 6.45) is 0.164. The van der Waals surface area contributed by atoms with Gasteiger partial charge < -0.3 is 19.7 Å². The molecule has 1 saturated heterocycles. The van der Waals surface area contributed by atoms with E-state index in [0.29, 0.717) is 29.0 Å². The van der Waals surface area contributed by atoms with Crippen LogP contribution >= 0.6 is 11.3 Å². The van der Waals surface area contributed by atoms with E-state index in [9.17, 15) is 9.59 Å². The Morgan fingerprint density at radius 3 is 2.73 bits per heavy atom. The lowest BCUT2D eigenvalue weighted by Gasteiger charge is -2.18. The number of ether oxygens (including phenoxy) is 2. The van der Waals surface area contributed by atoms with Crippen molar-refractivity contribution in [2.24, 2.45) is 5.92 Å². The number of rotatable bonds is 5. The Kier molecular flexibility index (Phi) is 5.68. The Morgan fingerprint density at radius 2 is 1.89 bits per heavy atom. The van der Waals surface area contributed by atoms with Gasteiger partial charge in [-0.25, -0.2) is 4.98 Å². The predicted molar refractivity (Wildman–Crippen MR) is 141 cm³/mol. The van der Waals surface area contributed by atoms with Crippen LogP contribution in [0.1, 0.15) is 23.2 Å². The minimum atomic E-state index is -0.460. The fraction of sp³-hybridized carbons (Fsp3) is 0.259. The molecule has 1 unspecified atom stereocenters. The number of hydrogen-bond donors (Lipinski definition) is 1. The van der Waals surface area contributed by atoms with Crippen molar-refractivity contribution in [3.63, 3.8) is 0 Å². The van der Waals surface area contributed by atoms with E-state index in [1.807, 2.05) is 62.5 Å². The number of carbonyl (C=O) groups is 2. The highest BCUT2D eigenvalue weighted by atomic mass is 32.1. The minimum absolute atomic E-state index is 0.0543. The number of thiazole rings is 1. The normalized spacial score (nSPS) is 16.5. The second kappa shape index (κ2) is 9.04. The highest BCUT2D eigenvalue weighted by molar-refractivity contribution is 7.12. The molecule has 6 rings (SSSR count). The first-order valence-electron chi connectivity index (χ1n) is 12.0. The van der Waals surface area contributed by atoms with Crippen LogP contribution in [0, 0.1) is 26.7 Å². The average molecular weight is 516 g/mol. The van der Waals surface area contributed by atoms with Gasteiger partial charge >= 0.3 is 0 Å². The van der Waals surface area contributed by atoms with Gasteiger partial charge in [0.05, 0.1) is 17.3 Å². The highest BCUT2D eigenvalue weighted by Crippen LogP contribution is 2.37. The van der Waals surface area contributed by atoms with Crippen LogP contribution in [-0.4, -0.2) is 39.9 Å². The molecule has 0 radical (unpaired) electrons. The van der Waals surface area contributed by atoms with Crippen LogP contribution in [-0.2, 0) is 9.59 Å². The van der Waals surface area contributed by atoms with E-state index in [-0.39, 0.29) is 25.0 Å². The van der Waals surface area contributed by atoms with E-state index < -0.39 is 5.92 Å². The third-order valence-corrected chi connectivity index (χ3v) is 7.54. The number of aromatic nitrogens is 3. The fourth-order valence-corrected chi connectivity index (χ4v) is 5.33. The van der Waals surface area contributed by atoms with Crippen LogP contribution in [0.3, 0.4) is 0 Å². The van der Waals surface area contributed by atoms with Gasteiger partial charge in [0.1, 0.15) is 5.82 Å². The van der Waals surface area contributed by atoms with Gasteiger partial charge in [0.15, 0.2) is 11.5 Å². The van der Waals surface area contributed by atoms with Gasteiger partial charge in [-0.3, -0.25) is 9.59 Å². The van der Waals surface area contributed by atoms with Crippen molar-refractivity contribution in [2.75, 3.05) is 23.6 Å².